The molecule has 11 nitrogen and oxygen atoms in total. The number of hydrogen-bond acceptors (Lipinski definition) is 8. The second-order valence-electron chi connectivity index (χ2n) is 14.7. The zero-order valence-corrected chi connectivity index (χ0v) is 30.9. The second-order valence-corrected chi connectivity index (χ2v) is 15.7. The van der Waals surface area contributed by atoms with Gasteiger partial charge in [0.25, 0.3) is 0 Å². The maximum atomic E-state index is 14.5. The molecular formula is C39H49N5O6S. The van der Waals surface area contributed by atoms with Gasteiger partial charge in [0.2, 0.25) is 5.91 Å². The van der Waals surface area contributed by atoms with Crippen LogP contribution in [0.2, 0.25) is 0 Å². The highest BCUT2D eigenvalue weighted by Crippen LogP contribution is 2.48. The smallest absolute Gasteiger partial charge is 0.408 e. The Labute approximate surface area is 303 Å². The van der Waals surface area contributed by atoms with Crippen LogP contribution < -0.4 is 16.0 Å². The fourth-order valence-electron chi connectivity index (χ4n) is 6.50. The fourth-order valence-corrected chi connectivity index (χ4v) is 7.01. The van der Waals surface area contributed by atoms with Crippen LogP contribution in [0.1, 0.15) is 64.0 Å². The number of alkyl carbamates (subject to hydrolysis) is 1. The molecule has 3 amide bonds. The fraction of sp³-hybridized carbons (Fsp3) is 0.410. The van der Waals surface area contributed by atoms with E-state index in [9.17, 15) is 24.6 Å². The number of ether oxygens (including phenoxy) is 1. The summed E-state index contributed by atoms with van der Waals surface area (Å²) in [7, 11) is 0. The van der Waals surface area contributed by atoms with E-state index >= 15 is 0 Å². The number of carboxylic acid groups (broad SMARTS) is 1. The molecule has 12 heteroatoms. The standard InChI is InChI=1S/C39H49N5O6S/c1-37(2,3)33(44-36(49)50-24-29-23-40-25-51-29)34(46)43-32(31(45)19-21-42-35(47)48)39(38(4,5)6,28-12-8-7-9-13-28)22-26-15-17-27(18-16-26)30-14-10-11-20-41-30/h7-18,20,23,25,31-33,42,45H,19,21-22,24H2,1-6H3,(H,43,46)(H,44,49)(H,47,48)/t31-,32+,33+,39?/m0/s1. The maximum Gasteiger partial charge on any atom is 0.408 e. The first-order valence-electron chi connectivity index (χ1n) is 16.9. The van der Waals surface area contributed by atoms with Crippen LogP contribution in [-0.4, -0.2) is 63.0 Å². The third-order valence-corrected chi connectivity index (χ3v) is 9.93. The van der Waals surface area contributed by atoms with Crippen molar-refractivity contribution in [2.45, 2.75) is 84.6 Å². The Balaban J connectivity index is 1.78. The lowest BCUT2D eigenvalue weighted by Gasteiger charge is -2.53. The number of thiazole rings is 1. The summed E-state index contributed by atoms with van der Waals surface area (Å²) in [5.41, 5.74) is 2.97. The number of aromatic nitrogens is 2. The summed E-state index contributed by atoms with van der Waals surface area (Å²) < 4.78 is 5.42. The van der Waals surface area contributed by atoms with Crippen molar-refractivity contribution in [3.63, 3.8) is 0 Å². The number of nitrogens with one attached hydrogen (secondary N) is 3. The predicted molar refractivity (Wildman–Crippen MR) is 198 cm³/mol. The van der Waals surface area contributed by atoms with Crippen molar-refractivity contribution < 1.29 is 29.3 Å². The Morgan fingerprint density at radius 1 is 0.902 bits per heavy atom. The lowest BCUT2D eigenvalue weighted by molar-refractivity contribution is -0.129. The monoisotopic (exact) mass is 715 g/mol. The Kier molecular flexibility index (Phi) is 12.9. The van der Waals surface area contributed by atoms with Gasteiger partial charge >= 0.3 is 12.2 Å². The Bertz CT molecular complexity index is 1710. The number of amides is 3. The summed E-state index contributed by atoms with van der Waals surface area (Å²) in [5.74, 6) is -0.512. The molecule has 2 aromatic heterocycles. The number of pyridine rings is 1. The molecule has 0 saturated carbocycles. The molecule has 5 N–H and O–H groups in total. The van der Waals surface area contributed by atoms with E-state index in [2.05, 4.69) is 46.7 Å². The number of aliphatic hydroxyl groups excluding tert-OH is 1. The highest BCUT2D eigenvalue weighted by molar-refractivity contribution is 7.09. The first-order valence-corrected chi connectivity index (χ1v) is 17.8. The van der Waals surface area contributed by atoms with E-state index in [0.717, 1.165) is 27.3 Å². The number of rotatable bonds is 14. The van der Waals surface area contributed by atoms with Gasteiger partial charge in [0.15, 0.2) is 0 Å². The number of carbonyl (C=O) groups is 3. The van der Waals surface area contributed by atoms with Gasteiger partial charge in [-0.1, -0.05) is 102 Å². The lowest BCUT2D eigenvalue weighted by Crippen LogP contribution is -2.66. The molecule has 0 saturated heterocycles. The van der Waals surface area contributed by atoms with Gasteiger partial charge in [-0.2, -0.15) is 0 Å². The molecule has 1 unspecified atom stereocenters. The third kappa shape index (κ3) is 10.1. The molecule has 0 aliphatic rings. The molecule has 0 fully saturated rings. The molecule has 0 spiro atoms. The highest BCUT2D eigenvalue weighted by Gasteiger charge is 2.53. The zero-order valence-electron chi connectivity index (χ0n) is 30.1. The molecule has 272 valence electrons. The van der Waals surface area contributed by atoms with Crippen LogP contribution in [0.15, 0.2) is 90.7 Å². The van der Waals surface area contributed by atoms with Crippen LogP contribution in [0.3, 0.4) is 0 Å². The summed E-state index contributed by atoms with van der Waals surface area (Å²) in [6.45, 7) is 11.7. The summed E-state index contributed by atoms with van der Waals surface area (Å²) in [6.07, 6.45) is 0.602. The molecule has 4 aromatic rings. The number of carbonyl (C=O) groups excluding carboxylic acids is 2. The number of nitrogens with zero attached hydrogens (tertiary/aromatic N) is 2. The molecule has 51 heavy (non-hydrogen) atoms. The number of benzene rings is 2. The van der Waals surface area contributed by atoms with Crippen molar-refractivity contribution in [3.05, 3.63) is 107 Å². The normalized spacial score (nSPS) is 14.7. The van der Waals surface area contributed by atoms with E-state index in [1.807, 2.05) is 93.6 Å². The van der Waals surface area contributed by atoms with Gasteiger partial charge in [0, 0.05) is 29.9 Å². The zero-order chi connectivity index (χ0) is 37.2. The van der Waals surface area contributed by atoms with E-state index in [4.69, 9.17) is 4.74 Å². The lowest BCUT2D eigenvalue weighted by atomic mass is 9.55. The van der Waals surface area contributed by atoms with Gasteiger partial charge in [0.05, 0.1) is 28.2 Å². The van der Waals surface area contributed by atoms with Gasteiger partial charge in [-0.25, -0.2) is 9.59 Å². The Morgan fingerprint density at radius 2 is 1.59 bits per heavy atom. The topological polar surface area (TPSA) is 163 Å². The van der Waals surface area contributed by atoms with Crippen molar-refractivity contribution in [2.75, 3.05) is 6.54 Å². The first-order chi connectivity index (χ1) is 24.1. The first kappa shape index (κ1) is 39.0. The van der Waals surface area contributed by atoms with Crippen LogP contribution in [0.4, 0.5) is 9.59 Å². The summed E-state index contributed by atoms with van der Waals surface area (Å²) in [5, 5.41) is 29.7. The van der Waals surface area contributed by atoms with Gasteiger partial charge < -0.3 is 30.9 Å². The van der Waals surface area contributed by atoms with Crippen LogP contribution in [0.5, 0.6) is 0 Å². The van der Waals surface area contributed by atoms with Crippen molar-refractivity contribution in [1.82, 2.24) is 25.9 Å². The van der Waals surface area contributed by atoms with E-state index in [1.165, 1.54) is 11.3 Å². The number of aliphatic hydroxyl groups is 1. The highest BCUT2D eigenvalue weighted by atomic mass is 32.1. The maximum absolute atomic E-state index is 14.5. The van der Waals surface area contributed by atoms with Crippen molar-refractivity contribution in [2.24, 2.45) is 10.8 Å². The molecular weight excluding hydrogens is 667 g/mol. The van der Waals surface area contributed by atoms with Crippen LogP contribution in [0.25, 0.3) is 11.3 Å². The largest absolute Gasteiger partial charge is 0.465 e. The van der Waals surface area contributed by atoms with E-state index in [-0.39, 0.29) is 19.6 Å². The predicted octanol–water partition coefficient (Wildman–Crippen LogP) is 6.58. The second kappa shape index (κ2) is 16.9. The molecule has 4 rings (SSSR count). The van der Waals surface area contributed by atoms with Crippen LogP contribution in [0, 0.1) is 10.8 Å². The number of hydrogen-bond donors (Lipinski definition) is 5. The molecule has 0 bridgehead atoms. The average molecular weight is 716 g/mol. The molecule has 2 heterocycles. The van der Waals surface area contributed by atoms with Gasteiger partial charge in [-0.15, -0.1) is 11.3 Å². The third-order valence-electron chi connectivity index (χ3n) is 9.17. The van der Waals surface area contributed by atoms with E-state index < -0.39 is 52.5 Å². The minimum absolute atomic E-state index is 0.00711. The summed E-state index contributed by atoms with van der Waals surface area (Å²) >= 11 is 1.35. The average Bonchev–Trinajstić information content (AvgIpc) is 3.61. The van der Waals surface area contributed by atoms with Crippen molar-refractivity contribution in [3.8, 4) is 11.3 Å². The summed E-state index contributed by atoms with van der Waals surface area (Å²) in [4.78, 5) is 48.1. The molecule has 0 aliphatic carbocycles. The van der Waals surface area contributed by atoms with Crippen molar-refractivity contribution in [1.29, 1.82) is 0 Å². The molecule has 0 aliphatic heterocycles. The SMILES string of the molecule is CC(C)(C)[C@H](NC(=O)OCc1cncs1)C(=O)N[C@H]([C@@H](O)CCNC(=O)O)C(Cc1ccc(-c2ccccn2)cc1)(c1ccccc1)C(C)(C)C. The molecule has 0 radical (unpaired) electrons. The van der Waals surface area contributed by atoms with Crippen LogP contribution in [-0.2, 0) is 28.0 Å². The van der Waals surface area contributed by atoms with E-state index in [0.29, 0.717) is 6.42 Å². The Morgan fingerprint density at radius 3 is 2.16 bits per heavy atom. The van der Waals surface area contributed by atoms with Gasteiger partial charge in [-0.05, 0) is 46.9 Å². The molecule has 4 atom stereocenters. The minimum Gasteiger partial charge on any atom is -0.465 e. The van der Waals surface area contributed by atoms with Crippen LogP contribution >= 0.6 is 11.3 Å². The minimum atomic E-state index is -1.21. The van der Waals surface area contributed by atoms with Crippen molar-refractivity contribution >= 4 is 29.4 Å². The summed E-state index contributed by atoms with van der Waals surface area (Å²) in [6, 6.07) is 21.6. The Hall–Kier alpha value is -4.81. The molecule has 2 aromatic carbocycles. The van der Waals surface area contributed by atoms with Gasteiger partial charge in [0.1, 0.15) is 12.6 Å². The quantitative estimate of drug-likeness (QED) is 0.0979. The van der Waals surface area contributed by atoms with Gasteiger partial charge in [-0.3, -0.25) is 14.8 Å². The van der Waals surface area contributed by atoms with E-state index in [1.54, 1.807) is 17.9 Å².